The van der Waals surface area contributed by atoms with Gasteiger partial charge < -0.3 is 9.88 Å². The first kappa shape index (κ1) is 23.8. The fourth-order valence-corrected chi connectivity index (χ4v) is 5.34. The summed E-state index contributed by atoms with van der Waals surface area (Å²) in [5.41, 5.74) is 0.523. The van der Waals surface area contributed by atoms with Crippen molar-refractivity contribution in [3.63, 3.8) is 0 Å². The maximum atomic E-state index is 12.9. The molecule has 0 unspecified atom stereocenters. The van der Waals surface area contributed by atoms with Gasteiger partial charge in [0.1, 0.15) is 12.4 Å². The Labute approximate surface area is 193 Å². The predicted octanol–water partition coefficient (Wildman–Crippen LogP) is 2.37. The predicted molar refractivity (Wildman–Crippen MR) is 114 cm³/mol. The van der Waals surface area contributed by atoms with Crippen LogP contribution < -0.4 is 5.32 Å². The Morgan fingerprint density at radius 1 is 1.18 bits per heavy atom. The molecule has 0 aliphatic carbocycles. The van der Waals surface area contributed by atoms with Gasteiger partial charge in [-0.15, -0.1) is 0 Å². The summed E-state index contributed by atoms with van der Waals surface area (Å²) < 4.78 is 66.8. The number of rotatable bonds is 6. The van der Waals surface area contributed by atoms with E-state index >= 15 is 0 Å². The first-order valence-electron chi connectivity index (χ1n) is 10.3. The normalized spacial score (nSPS) is 17.1. The standard InChI is InChI=1S/C21H21F3N6O3S/c1-29-11-19(28-13-29)34(32,33)30-8-2-3-18(30)20(31)25-10-16-9-17(27-12-26-16)14-4-6-15(7-5-14)21(22,23)24/h4-7,9,11-13,18H,2-3,8,10H2,1H3,(H,25,31)/t18-/m0/s1. The van der Waals surface area contributed by atoms with E-state index in [2.05, 4.69) is 20.3 Å². The van der Waals surface area contributed by atoms with Gasteiger partial charge in [0.25, 0.3) is 10.0 Å². The minimum Gasteiger partial charge on any atom is -0.349 e. The Morgan fingerprint density at radius 3 is 2.56 bits per heavy atom. The molecule has 1 atom stereocenters. The molecule has 13 heteroatoms. The molecule has 1 saturated heterocycles. The highest BCUT2D eigenvalue weighted by atomic mass is 32.2. The topological polar surface area (TPSA) is 110 Å². The number of sulfonamides is 1. The van der Waals surface area contributed by atoms with Crippen LogP contribution >= 0.6 is 0 Å². The molecule has 0 bridgehead atoms. The van der Waals surface area contributed by atoms with Crippen molar-refractivity contribution in [3.8, 4) is 11.3 Å². The number of aromatic nitrogens is 4. The average molecular weight is 494 g/mol. The molecule has 9 nitrogen and oxygen atoms in total. The zero-order valence-electron chi connectivity index (χ0n) is 18.0. The number of imidazole rings is 1. The van der Waals surface area contributed by atoms with Crippen LogP contribution in [0.2, 0.25) is 0 Å². The third kappa shape index (κ3) is 4.94. The SMILES string of the molecule is Cn1cnc(S(=O)(=O)N2CCC[C@H]2C(=O)NCc2cc(-c3ccc(C(F)(F)F)cc3)ncn2)c1. The molecule has 1 amide bonds. The zero-order chi connectivity index (χ0) is 24.5. The Bertz CT molecular complexity index is 1290. The molecule has 1 aliphatic rings. The molecule has 1 N–H and O–H groups in total. The van der Waals surface area contributed by atoms with Gasteiger partial charge in [-0.1, -0.05) is 12.1 Å². The molecule has 2 aromatic heterocycles. The monoisotopic (exact) mass is 494 g/mol. The highest BCUT2D eigenvalue weighted by Gasteiger charge is 2.40. The van der Waals surface area contributed by atoms with E-state index in [0.29, 0.717) is 29.8 Å². The van der Waals surface area contributed by atoms with Crippen LogP contribution in [0.5, 0.6) is 0 Å². The van der Waals surface area contributed by atoms with Crippen LogP contribution in [0, 0.1) is 0 Å². The fourth-order valence-electron chi connectivity index (χ4n) is 3.71. The van der Waals surface area contributed by atoms with Crippen molar-refractivity contribution in [1.82, 2.24) is 29.1 Å². The maximum Gasteiger partial charge on any atom is 0.416 e. The van der Waals surface area contributed by atoms with Crippen molar-refractivity contribution in [3.05, 3.63) is 60.4 Å². The van der Waals surface area contributed by atoms with Gasteiger partial charge in [0, 0.05) is 25.4 Å². The second-order valence-electron chi connectivity index (χ2n) is 7.84. The van der Waals surface area contributed by atoms with Gasteiger partial charge in [-0.05, 0) is 31.0 Å². The van der Waals surface area contributed by atoms with E-state index in [1.54, 1.807) is 13.1 Å². The molecule has 0 spiro atoms. The molecule has 1 aliphatic heterocycles. The van der Waals surface area contributed by atoms with Gasteiger partial charge in [0.2, 0.25) is 5.91 Å². The van der Waals surface area contributed by atoms with Crippen LogP contribution in [0.1, 0.15) is 24.1 Å². The van der Waals surface area contributed by atoms with Crippen LogP contribution in [0.3, 0.4) is 0 Å². The van der Waals surface area contributed by atoms with Crippen LogP contribution in [0.25, 0.3) is 11.3 Å². The lowest BCUT2D eigenvalue weighted by molar-refractivity contribution is -0.137. The number of alkyl halides is 3. The Hall–Kier alpha value is -3.32. The third-order valence-electron chi connectivity index (χ3n) is 5.44. The number of aryl methyl sites for hydroxylation is 1. The van der Waals surface area contributed by atoms with Crippen LogP contribution in [0.15, 0.2) is 54.2 Å². The average Bonchev–Trinajstić information content (AvgIpc) is 3.47. The van der Waals surface area contributed by atoms with Gasteiger partial charge >= 0.3 is 6.18 Å². The van der Waals surface area contributed by atoms with E-state index in [0.717, 1.165) is 16.4 Å². The molecular formula is C21H21F3N6O3S. The lowest BCUT2D eigenvalue weighted by Crippen LogP contribution is -2.45. The molecule has 0 saturated carbocycles. The van der Waals surface area contributed by atoms with Gasteiger partial charge in [-0.3, -0.25) is 4.79 Å². The Morgan fingerprint density at radius 2 is 1.91 bits per heavy atom. The van der Waals surface area contributed by atoms with E-state index in [9.17, 15) is 26.4 Å². The molecule has 4 rings (SSSR count). The number of hydrogen-bond donors (Lipinski definition) is 1. The van der Waals surface area contributed by atoms with Crippen molar-refractivity contribution < 1.29 is 26.4 Å². The quantitative estimate of drug-likeness (QED) is 0.564. The van der Waals surface area contributed by atoms with Crippen LogP contribution in [-0.4, -0.2) is 50.7 Å². The number of carbonyl (C=O) groups is 1. The smallest absolute Gasteiger partial charge is 0.349 e. The summed E-state index contributed by atoms with van der Waals surface area (Å²) >= 11 is 0. The second-order valence-corrected chi connectivity index (χ2v) is 9.68. The lowest BCUT2D eigenvalue weighted by Gasteiger charge is -2.22. The Kier molecular flexibility index (Phi) is 6.41. The molecule has 0 radical (unpaired) electrons. The van der Waals surface area contributed by atoms with Crippen molar-refractivity contribution in [2.24, 2.45) is 7.05 Å². The molecule has 3 heterocycles. The van der Waals surface area contributed by atoms with Crippen LogP contribution in [-0.2, 0) is 34.6 Å². The van der Waals surface area contributed by atoms with Crippen molar-refractivity contribution in [2.75, 3.05) is 6.54 Å². The molecule has 1 fully saturated rings. The largest absolute Gasteiger partial charge is 0.416 e. The molecule has 180 valence electrons. The first-order valence-corrected chi connectivity index (χ1v) is 11.8. The number of benzene rings is 1. The van der Waals surface area contributed by atoms with Crippen molar-refractivity contribution >= 4 is 15.9 Å². The summed E-state index contributed by atoms with van der Waals surface area (Å²) in [4.78, 5) is 24.9. The minimum absolute atomic E-state index is 0.00294. The number of nitrogens with zero attached hydrogens (tertiary/aromatic N) is 5. The molecule has 3 aromatic rings. The van der Waals surface area contributed by atoms with E-state index in [4.69, 9.17) is 0 Å². The second kappa shape index (κ2) is 9.14. The van der Waals surface area contributed by atoms with E-state index in [1.807, 2.05) is 0 Å². The number of nitrogens with one attached hydrogen (secondary N) is 1. The van der Waals surface area contributed by atoms with Gasteiger partial charge in [0.15, 0.2) is 5.03 Å². The summed E-state index contributed by atoms with van der Waals surface area (Å²) in [6.07, 6.45) is 0.488. The first-order chi connectivity index (χ1) is 16.1. The summed E-state index contributed by atoms with van der Waals surface area (Å²) in [5, 5.41) is 2.58. The van der Waals surface area contributed by atoms with E-state index < -0.39 is 33.7 Å². The Balaban J connectivity index is 1.44. The number of hydrogen-bond acceptors (Lipinski definition) is 6. The highest BCUT2D eigenvalue weighted by molar-refractivity contribution is 7.89. The van der Waals surface area contributed by atoms with Crippen molar-refractivity contribution in [2.45, 2.75) is 36.6 Å². The number of amides is 1. The molecule has 34 heavy (non-hydrogen) atoms. The third-order valence-corrected chi connectivity index (χ3v) is 7.23. The lowest BCUT2D eigenvalue weighted by atomic mass is 10.1. The van der Waals surface area contributed by atoms with Gasteiger partial charge in [0.05, 0.1) is 29.8 Å². The number of halogens is 3. The summed E-state index contributed by atoms with van der Waals surface area (Å²) in [7, 11) is -2.26. The fraction of sp³-hybridized carbons (Fsp3) is 0.333. The minimum atomic E-state index is -4.43. The zero-order valence-corrected chi connectivity index (χ0v) is 18.8. The summed E-state index contributed by atoms with van der Waals surface area (Å²) in [6, 6.07) is 5.24. The van der Waals surface area contributed by atoms with Crippen LogP contribution in [0.4, 0.5) is 13.2 Å². The van der Waals surface area contributed by atoms with Gasteiger partial charge in [-0.25, -0.2) is 23.4 Å². The molecule has 1 aromatic carbocycles. The summed E-state index contributed by atoms with van der Waals surface area (Å²) in [6.45, 7) is 0.214. The van der Waals surface area contributed by atoms with E-state index in [-0.39, 0.29) is 18.1 Å². The highest BCUT2D eigenvalue weighted by Crippen LogP contribution is 2.30. The van der Waals surface area contributed by atoms with E-state index in [1.165, 1.54) is 35.6 Å². The van der Waals surface area contributed by atoms with Crippen molar-refractivity contribution in [1.29, 1.82) is 0 Å². The number of carbonyl (C=O) groups excluding carboxylic acids is 1. The maximum absolute atomic E-state index is 12.9. The molecular weight excluding hydrogens is 473 g/mol. The summed E-state index contributed by atoms with van der Waals surface area (Å²) in [5.74, 6) is -0.466. The van der Waals surface area contributed by atoms with Gasteiger partial charge in [-0.2, -0.15) is 17.5 Å².